The van der Waals surface area contributed by atoms with Crippen molar-refractivity contribution < 1.29 is 44.2 Å². The average molecular weight is 986 g/mol. The van der Waals surface area contributed by atoms with E-state index < -0.39 is 43.4 Å². The number of carbonyl (C=O) groups is 1. The first-order valence-corrected chi connectivity index (χ1v) is 29.0. The molecule has 0 bridgehead atoms. The normalized spacial score (nSPS) is 19.4. The molecule has 1 fully saturated rings. The maximum absolute atomic E-state index is 12.9. The second-order valence-corrected chi connectivity index (χ2v) is 19.7. The fraction of sp³-hybridized carbons (Fsp3) is 0.787. The van der Waals surface area contributed by atoms with Crippen molar-refractivity contribution in [3.05, 3.63) is 72.9 Å². The molecule has 9 nitrogen and oxygen atoms in total. The van der Waals surface area contributed by atoms with Gasteiger partial charge in [0.2, 0.25) is 0 Å². The third-order valence-corrected chi connectivity index (χ3v) is 13.1. The van der Waals surface area contributed by atoms with Gasteiger partial charge in [-0.2, -0.15) is 0 Å². The lowest BCUT2D eigenvalue weighted by atomic mass is 9.99. The van der Waals surface area contributed by atoms with E-state index in [0.717, 1.165) is 64.2 Å². The molecule has 9 heteroatoms. The van der Waals surface area contributed by atoms with Gasteiger partial charge in [-0.05, 0) is 89.9 Å². The predicted molar refractivity (Wildman–Crippen MR) is 293 cm³/mol. The van der Waals surface area contributed by atoms with E-state index in [0.29, 0.717) is 13.0 Å². The Morgan fingerprint density at radius 1 is 0.457 bits per heavy atom. The van der Waals surface area contributed by atoms with Crippen molar-refractivity contribution in [2.24, 2.45) is 0 Å². The summed E-state index contributed by atoms with van der Waals surface area (Å²) in [5.74, 6) is -0.323. The van der Waals surface area contributed by atoms with Crippen LogP contribution in [-0.4, -0.2) is 89.6 Å². The Labute approximate surface area is 429 Å². The van der Waals surface area contributed by atoms with Gasteiger partial charge in [0.15, 0.2) is 6.29 Å². The number of aliphatic hydroxyl groups is 4. The third kappa shape index (κ3) is 41.1. The van der Waals surface area contributed by atoms with Gasteiger partial charge < -0.3 is 39.4 Å². The number of allylic oxidation sites excluding steroid dienone is 12. The zero-order valence-corrected chi connectivity index (χ0v) is 45.0. The van der Waals surface area contributed by atoms with Gasteiger partial charge in [0.05, 0.1) is 19.8 Å². The average Bonchev–Trinajstić information content (AvgIpc) is 3.36. The summed E-state index contributed by atoms with van der Waals surface area (Å²) < 4.78 is 23.0. The molecule has 0 aromatic rings. The molecular formula is C61H108O9. The van der Waals surface area contributed by atoms with Gasteiger partial charge >= 0.3 is 5.97 Å². The van der Waals surface area contributed by atoms with Crippen LogP contribution in [0.4, 0.5) is 0 Å². The minimum atomic E-state index is -1.54. The molecule has 1 rings (SSSR count). The van der Waals surface area contributed by atoms with E-state index >= 15 is 0 Å². The number of esters is 1. The highest BCUT2D eigenvalue weighted by Crippen LogP contribution is 2.23. The SMILES string of the molecule is CCCCCCC/C=C\C/C=C\C/C=C\CCCCCCCCCCCOCC(COC1OC(CO)C(O)C(O)C1O)OC(=O)CCCCCCCCCC/C=C\C/C=C\C/C=C\CCCCCCC. The molecule has 0 saturated carbocycles. The molecule has 6 unspecified atom stereocenters. The number of ether oxygens (including phenoxy) is 4. The van der Waals surface area contributed by atoms with Crippen molar-refractivity contribution in [1.82, 2.24) is 0 Å². The van der Waals surface area contributed by atoms with Gasteiger partial charge in [0, 0.05) is 13.0 Å². The number of hydrogen-bond acceptors (Lipinski definition) is 9. The van der Waals surface area contributed by atoms with Crippen LogP contribution in [0, 0.1) is 0 Å². The molecule has 6 atom stereocenters. The van der Waals surface area contributed by atoms with Gasteiger partial charge in [-0.1, -0.05) is 222 Å². The highest BCUT2D eigenvalue weighted by molar-refractivity contribution is 5.69. The standard InChI is InChI=1S/C61H108O9/c1-3-5-7-9-11-13-15-17-19-21-23-25-27-29-31-33-35-37-39-41-43-45-47-49-51-67-53-55(54-68-61-60(66)59(65)58(64)56(52-62)70-61)69-57(63)50-48-46-44-42-40-38-36-34-32-30-28-26-24-22-20-18-16-14-12-10-8-6-4-2/h15-18,21-24,27-30,55-56,58-62,64-66H,3-14,19-20,25-26,31-54H2,1-2H3/b17-15-,18-16-,23-21-,24-22-,29-27-,30-28-. The van der Waals surface area contributed by atoms with Gasteiger partial charge in [-0.15, -0.1) is 0 Å². The van der Waals surface area contributed by atoms with Crippen molar-refractivity contribution in [3.63, 3.8) is 0 Å². The number of rotatable bonds is 50. The summed E-state index contributed by atoms with van der Waals surface area (Å²) in [6, 6.07) is 0. The summed E-state index contributed by atoms with van der Waals surface area (Å²) in [5, 5.41) is 40.4. The lowest BCUT2D eigenvalue weighted by molar-refractivity contribution is -0.305. The van der Waals surface area contributed by atoms with Crippen LogP contribution in [0.25, 0.3) is 0 Å². The third-order valence-electron chi connectivity index (χ3n) is 13.1. The molecule has 1 saturated heterocycles. The summed E-state index contributed by atoms with van der Waals surface area (Å²) in [6.07, 6.45) is 62.2. The Balaban J connectivity index is 2.18. The summed E-state index contributed by atoms with van der Waals surface area (Å²) >= 11 is 0. The van der Waals surface area contributed by atoms with Crippen molar-refractivity contribution in [2.75, 3.05) is 26.4 Å². The van der Waals surface area contributed by atoms with Crippen LogP contribution in [0.2, 0.25) is 0 Å². The first-order chi connectivity index (χ1) is 34.4. The van der Waals surface area contributed by atoms with Crippen LogP contribution in [-0.2, 0) is 23.7 Å². The zero-order chi connectivity index (χ0) is 50.6. The Hall–Kier alpha value is -2.37. The molecule has 1 heterocycles. The van der Waals surface area contributed by atoms with E-state index in [1.54, 1.807) is 0 Å². The van der Waals surface area contributed by atoms with Gasteiger partial charge in [0.25, 0.3) is 0 Å². The second kappa shape index (κ2) is 51.5. The highest BCUT2D eigenvalue weighted by Gasteiger charge is 2.44. The van der Waals surface area contributed by atoms with Crippen LogP contribution in [0.1, 0.15) is 245 Å². The molecule has 0 aromatic heterocycles. The van der Waals surface area contributed by atoms with Gasteiger partial charge in [0.1, 0.15) is 30.5 Å². The predicted octanol–water partition coefficient (Wildman–Crippen LogP) is 15.2. The summed E-state index contributed by atoms with van der Waals surface area (Å²) in [4.78, 5) is 12.9. The molecular weight excluding hydrogens is 877 g/mol. The van der Waals surface area contributed by atoms with E-state index in [1.807, 2.05) is 0 Å². The lowest BCUT2D eigenvalue weighted by Crippen LogP contribution is -2.59. The number of hydrogen-bond donors (Lipinski definition) is 4. The van der Waals surface area contributed by atoms with E-state index in [-0.39, 0.29) is 19.2 Å². The maximum atomic E-state index is 12.9. The summed E-state index contributed by atoms with van der Waals surface area (Å²) in [6.45, 7) is 4.53. The summed E-state index contributed by atoms with van der Waals surface area (Å²) in [5.41, 5.74) is 0. The smallest absolute Gasteiger partial charge is 0.306 e. The number of aliphatic hydroxyl groups excluding tert-OH is 4. The zero-order valence-electron chi connectivity index (χ0n) is 45.0. The molecule has 0 aromatic carbocycles. The molecule has 0 spiro atoms. The Morgan fingerprint density at radius 3 is 1.24 bits per heavy atom. The first-order valence-electron chi connectivity index (χ1n) is 29.0. The maximum Gasteiger partial charge on any atom is 0.306 e. The molecule has 0 radical (unpaired) electrons. The monoisotopic (exact) mass is 985 g/mol. The van der Waals surface area contributed by atoms with E-state index in [4.69, 9.17) is 18.9 Å². The molecule has 1 aliphatic rings. The van der Waals surface area contributed by atoms with Gasteiger partial charge in [-0.25, -0.2) is 0 Å². The van der Waals surface area contributed by atoms with Crippen molar-refractivity contribution in [2.45, 2.75) is 282 Å². The van der Waals surface area contributed by atoms with Crippen molar-refractivity contribution >= 4 is 5.97 Å². The molecule has 0 amide bonds. The summed E-state index contributed by atoms with van der Waals surface area (Å²) in [7, 11) is 0. The minimum absolute atomic E-state index is 0.121. The van der Waals surface area contributed by atoms with Crippen LogP contribution < -0.4 is 0 Å². The topological polar surface area (TPSA) is 135 Å². The van der Waals surface area contributed by atoms with Crippen LogP contribution in [0.5, 0.6) is 0 Å². The fourth-order valence-corrected chi connectivity index (χ4v) is 8.57. The Kier molecular flexibility index (Phi) is 48.3. The minimum Gasteiger partial charge on any atom is -0.457 e. The lowest BCUT2D eigenvalue weighted by Gasteiger charge is -2.39. The van der Waals surface area contributed by atoms with Crippen LogP contribution in [0.15, 0.2) is 72.9 Å². The molecule has 406 valence electrons. The molecule has 1 aliphatic heterocycles. The van der Waals surface area contributed by atoms with Crippen LogP contribution in [0.3, 0.4) is 0 Å². The van der Waals surface area contributed by atoms with Crippen LogP contribution >= 0.6 is 0 Å². The quantitative estimate of drug-likeness (QED) is 0.0267. The molecule has 4 N–H and O–H groups in total. The Morgan fingerprint density at radius 2 is 0.829 bits per heavy atom. The fourth-order valence-electron chi connectivity index (χ4n) is 8.57. The van der Waals surface area contributed by atoms with Crippen molar-refractivity contribution in [3.8, 4) is 0 Å². The van der Waals surface area contributed by atoms with E-state index in [1.165, 1.54) is 161 Å². The highest BCUT2D eigenvalue weighted by atomic mass is 16.7. The van der Waals surface area contributed by atoms with Crippen molar-refractivity contribution in [1.29, 1.82) is 0 Å². The van der Waals surface area contributed by atoms with E-state index in [9.17, 15) is 25.2 Å². The molecule has 0 aliphatic carbocycles. The second-order valence-electron chi connectivity index (χ2n) is 19.7. The van der Waals surface area contributed by atoms with E-state index in [2.05, 4.69) is 86.8 Å². The molecule has 70 heavy (non-hydrogen) atoms. The van der Waals surface area contributed by atoms with Gasteiger partial charge in [-0.3, -0.25) is 4.79 Å². The first kappa shape index (κ1) is 65.6. The number of unbranched alkanes of at least 4 members (excludes halogenated alkanes) is 27. The largest absolute Gasteiger partial charge is 0.457 e. The Bertz CT molecular complexity index is 1310. The number of carbonyl (C=O) groups excluding carboxylic acids is 1.